The van der Waals surface area contributed by atoms with Gasteiger partial charge in [0, 0.05) is 12.1 Å². The molecule has 1 heterocycles. The van der Waals surface area contributed by atoms with Crippen LogP contribution in [-0.2, 0) is 4.79 Å². The van der Waals surface area contributed by atoms with Crippen molar-refractivity contribution in [2.24, 2.45) is 5.92 Å². The molecule has 0 bridgehead atoms. The highest BCUT2D eigenvalue weighted by Gasteiger charge is 2.41. The number of nitrogens with zero attached hydrogens (tertiary/aromatic N) is 2. The Kier molecular flexibility index (Phi) is 4.44. The molecule has 8 nitrogen and oxygen atoms in total. The van der Waals surface area contributed by atoms with Crippen molar-refractivity contribution >= 4 is 23.4 Å². The van der Waals surface area contributed by atoms with Crippen molar-refractivity contribution in [3.05, 3.63) is 39.4 Å². The van der Waals surface area contributed by atoms with Crippen LogP contribution < -0.4 is 5.32 Å². The van der Waals surface area contributed by atoms with E-state index >= 15 is 0 Å². The third-order valence-electron chi connectivity index (χ3n) is 3.86. The van der Waals surface area contributed by atoms with Gasteiger partial charge in [-0.2, -0.15) is 0 Å². The van der Waals surface area contributed by atoms with E-state index in [9.17, 15) is 24.5 Å². The molecule has 0 aromatic heterocycles. The maximum Gasteiger partial charge on any atom is 0.282 e. The van der Waals surface area contributed by atoms with Gasteiger partial charge in [-0.3, -0.25) is 29.4 Å². The molecule has 23 heavy (non-hydrogen) atoms. The van der Waals surface area contributed by atoms with Gasteiger partial charge in [0.15, 0.2) is 0 Å². The van der Waals surface area contributed by atoms with E-state index < -0.39 is 34.9 Å². The Morgan fingerprint density at radius 1 is 1.26 bits per heavy atom. The maximum absolute atomic E-state index is 12.3. The van der Waals surface area contributed by atoms with Crippen LogP contribution in [-0.4, -0.2) is 40.1 Å². The van der Waals surface area contributed by atoms with Crippen LogP contribution in [0.3, 0.4) is 0 Å². The molecule has 0 aliphatic carbocycles. The number of amides is 3. The third-order valence-corrected chi connectivity index (χ3v) is 3.86. The zero-order valence-electron chi connectivity index (χ0n) is 13.0. The topological polar surface area (TPSA) is 110 Å². The van der Waals surface area contributed by atoms with Crippen molar-refractivity contribution in [2.75, 3.05) is 6.54 Å². The molecule has 8 heteroatoms. The second-order valence-electron chi connectivity index (χ2n) is 5.75. The van der Waals surface area contributed by atoms with Crippen LogP contribution in [0.1, 0.15) is 41.5 Å². The van der Waals surface area contributed by atoms with E-state index in [0.717, 1.165) is 11.0 Å². The first-order chi connectivity index (χ1) is 10.7. The van der Waals surface area contributed by atoms with E-state index in [4.69, 9.17) is 0 Å². The van der Waals surface area contributed by atoms with Gasteiger partial charge in [-0.05, 0) is 18.9 Å². The Bertz CT molecular complexity index is 698. The highest BCUT2D eigenvalue weighted by molar-refractivity contribution is 6.24. The van der Waals surface area contributed by atoms with Crippen molar-refractivity contribution in [3.8, 4) is 0 Å². The summed E-state index contributed by atoms with van der Waals surface area (Å²) in [6.07, 6.45) is 0. The fourth-order valence-electron chi connectivity index (χ4n) is 2.22. The number of nitro benzene ring substituents is 1. The number of nitrogens with one attached hydrogen (secondary N) is 1. The van der Waals surface area contributed by atoms with Crippen LogP contribution in [0.4, 0.5) is 5.69 Å². The van der Waals surface area contributed by atoms with Gasteiger partial charge < -0.3 is 5.32 Å². The Morgan fingerprint density at radius 3 is 2.48 bits per heavy atom. The molecule has 122 valence electrons. The van der Waals surface area contributed by atoms with Gasteiger partial charge in [0.1, 0.15) is 12.1 Å². The van der Waals surface area contributed by atoms with Crippen molar-refractivity contribution < 1.29 is 19.3 Å². The number of carbonyl (C=O) groups excluding carboxylic acids is 3. The highest BCUT2D eigenvalue weighted by atomic mass is 16.6. The van der Waals surface area contributed by atoms with Crippen molar-refractivity contribution in [1.29, 1.82) is 0 Å². The molecule has 0 radical (unpaired) electrons. The van der Waals surface area contributed by atoms with Crippen LogP contribution in [0.2, 0.25) is 0 Å². The zero-order valence-corrected chi connectivity index (χ0v) is 13.0. The lowest BCUT2D eigenvalue weighted by Gasteiger charge is -2.19. The Labute approximate surface area is 132 Å². The summed E-state index contributed by atoms with van der Waals surface area (Å²) in [4.78, 5) is 47.6. The Hall–Kier alpha value is -2.77. The number of fused-ring (bicyclic) bond motifs is 1. The number of rotatable bonds is 5. The molecule has 0 fully saturated rings. The van der Waals surface area contributed by atoms with Crippen molar-refractivity contribution in [2.45, 2.75) is 26.8 Å². The quantitative estimate of drug-likeness (QED) is 0.500. The van der Waals surface area contributed by atoms with Gasteiger partial charge in [-0.1, -0.05) is 19.9 Å². The van der Waals surface area contributed by atoms with E-state index in [1.165, 1.54) is 12.1 Å². The summed E-state index contributed by atoms with van der Waals surface area (Å²) in [6, 6.07) is 3.73. The second-order valence-corrected chi connectivity index (χ2v) is 5.75. The first-order valence-corrected chi connectivity index (χ1v) is 7.17. The lowest BCUT2D eigenvalue weighted by Crippen LogP contribution is -2.44. The summed E-state index contributed by atoms with van der Waals surface area (Å²) < 4.78 is 0. The van der Waals surface area contributed by atoms with Gasteiger partial charge >= 0.3 is 0 Å². The predicted molar refractivity (Wildman–Crippen MR) is 80.9 cm³/mol. The maximum atomic E-state index is 12.3. The SMILES string of the molecule is CC(C)C(C)NC(=O)CN1C(=O)c2cccc([N+](=O)[O-])c2C1=O. The zero-order chi connectivity index (χ0) is 17.3. The van der Waals surface area contributed by atoms with E-state index in [0.29, 0.717) is 0 Å². The smallest absolute Gasteiger partial charge is 0.282 e. The minimum Gasteiger partial charge on any atom is -0.352 e. The summed E-state index contributed by atoms with van der Waals surface area (Å²) in [5.41, 5.74) is -0.736. The molecule has 1 unspecified atom stereocenters. The van der Waals surface area contributed by atoms with Crippen LogP contribution in [0.25, 0.3) is 0 Å². The molecule has 1 atom stereocenters. The lowest BCUT2D eigenvalue weighted by molar-refractivity contribution is -0.385. The molecule has 0 spiro atoms. The first-order valence-electron chi connectivity index (χ1n) is 7.17. The number of hydrogen-bond acceptors (Lipinski definition) is 5. The second kappa shape index (κ2) is 6.15. The van der Waals surface area contributed by atoms with E-state index in [-0.39, 0.29) is 23.1 Å². The standard InChI is InChI=1S/C15H17N3O5/c1-8(2)9(3)16-12(19)7-17-14(20)10-5-4-6-11(18(22)23)13(10)15(17)21/h4-6,8-9H,7H2,1-3H3,(H,16,19). The van der Waals surface area contributed by atoms with E-state index in [1.54, 1.807) is 0 Å². The summed E-state index contributed by atoms with van der Waals surface area (Å²) in [6.45, 7) is 5.21. The Morgan fingerprint density at radius 2 is 1.91 bits per heavy atom. The van der Waals surface area contributed by atoms with Gasteiger partial charge in [0.05, 0.1) is 10.5 Å². The minimum atomic E-state index is -0.815. The summed E-state index contributed by atoms with van der Waals surface area (Å²) >= 11 is 0. The first kappa shape index (κ1) is 16.6. The van der Waals surface area contributed by atoms with Crippen molar-refractivity contribution in [1.82, 2.24) is 10.2 Å². The van der Waals surface area contributed by atoms with E-state index in [2.05, 4.69) is 5.32 Å². The minimum absolute atomic E-state index is 0.0473. The van der Waals surface area contributed by atoms with Crippen LogP contribution in [0.5, 0.6) is 0 Å². The molecule has 1 aromatic rings. The number of benzene rings is 1. The van der Waals surface area contributed by atoms with Gasteiger partial charge in [-0.15, -0.1) is 0 Å². The van der Waals surface area contributed by atoms with Crippen LogP contribution in [0, 0.1) is 16.0 Å². The van der Waals surface area contributed by atoms with Crippen LogP contribution in [0.15, 0.2) is 18.2 Å². The number of hydrogen-bond donors (Lipinski definition) is 1. The molecule has 0 saturated carbocycles. The molecule has 3 amide bonds. The Balaban J connectivity index is 2.23. The molecule has 1 aliphatic heterocycles. The molecule has 1 aromatic carbocycles. The molecule has 0 saturated heterocycles. The molecular formula is C15H17N3O5. The molecule has 1 aliphatic rings. The highest BCUT2D eigenvalue weighted by Crippen LogP contribution is 2.30. The number of nitro groups is 1. The monoisotopic (exact) mass is 319 g/mol. The molecule has 2 rings (SSSR count). The van der Waals surface area contributed by atoms with Gasteiger partial charge in [0.25, 0.3) is 17.5 Å². The fraction of sp³-hybridized carbons (Fsp3) is 0.400. The summed E-state index contributed by atoms with van der Waals surface area (Å²) in [5, 5.41) is 13.7. The summed E-state index contributed by atoms with van der Waals surface area (Å²) in [7, 11) is 0. The third kappa shape index (κ3) is 3.05. The van der Waals surface area contributed by atoms with Gasteiger partial charge in [0.2, 0.25) is 5.91 Å². The van der Waals surface area contributed by atoms with Crippen molar-refractivity contribution in [3.63, 3.8) is 0 Å². The average molecular weight is 319 g/mol. The summed E-state index contributed by atoms with van der Waals surface area (Å²) in [5.74, 6) is -1.80. The number of carbonyl (C=O) groups is 3. The van der Waals surface area contributed by atoms with Crippen LogP contribution >= 0.6 is 0 Å². The molecule has 1 N–H and O–H groups in total. The number of imide groups is 1. The largest absolute Gasteiger partial charge is 0.352 e. The fourth-order valence-corrected chi connectivity index (χ4v) is 2.22. The predicted octanol–water partition coefficient (Wildman–Crippen LogP) is 1.35. The average Bonchev–Trinajstić information content (AvgIpc) is 2.72. The normalized spacial score (nSPS) is 14.9. The van der Waals surface area contributed by atoms with Gasteiger partial charge in [-0.25, -0.2) is 0 Å². The van der Waals surface area contributed by atoms with E-state index in [1.807, 2.05) is 20.8 Å². The lowest BCUT2D eigenvalue weighted by atomic mass is 10.1. The molecular weight excluding hydrogens is 302 g/mol.